The molecule has 0 atom stereocenters. The van der Waals surface area contributed by atoms with E-state index < -0.39 is 0 Å². The summed E-state index contributed by atoms with van der Waals surface area (Å²) in [5.74, 6) is 2.16. The predicted molar refractivity (Wildman–Crippen MR) is 118 cm³/mol. The molecule has 3 aromatic rings. The van der Waals surface area contributed by atoms with Gasteiger partial charge in [-0.05, 0) is 69.2 Å². The van der Waals surface area contributed by atoms with Crippen LogP contribution in [0.15, 0.2) is 24.7 Å². The highest BCUT2D eigenvalue weighted by atomic mass is 16.2. The first-order chi connectivity index (χ1) is 14.5. The summed E-state index contributed by atoms with van der Waals surface area (Å²) in [5.41, 5.74) is 5.11. The third-order valence-corrected chi connectivity index (χ3v) is 5.31. The first-order valence-corrected chi connectivity index (χ1v) is 10.6. The van der Waals surface area contributed by atoms with Crippen molar-refractivity contribution in [2.45, 2.75) is 52.5 Å². The number of rotatable bonds is 7. The van der Waals surface area contributed by atoms with Crippen LogP contribution in [0.5, 0.6) is 0 Å². The number of aromatic nitrogens is 5. The normalized spacial score (nSPS) is 13.2. The van der Waals surface area contributed by atoms with Gasteiger partial charge in [-0.25, -0.2) is 15.0 Å². The van der Waals surface area contributed by atoms with Gasteiger partial charge >= 0.3 is 0 Å². The number of hydrogen-bond acceptors (Lipinski definition) is 7. The average molecular weight is 408 g/mol. The first kappa shape index (κ1) is 20.3. The van der Waals surface area contributed by atoms with Gasteiger partial charge in [0, 0.05) is 37.2 Å². The van der Waals surface area contributed by atoms with E-state index in [4.69, 9.17) is 9.97 Å². The molecule has 0 fully saturated rings. The molecular formula is C22H29N7O. The molecule has 0 amide bonds. The Kier molecular flexibility index (Phi) is 5.94. The van der Waals surface area contributed by atoms with Crippen molar-refractivity contribution in [2.75, 3.05) is 23.8 Å². The SMILES string of the molecule is Cc1cnc(Nc2nc3c(cc2CCCO)CCCN3)nc1-c1cnn(C(C)C)c1. The molecule has 0 aromatic carbocycles. The van der Waals surface area contributed by atoms with Crippen LogP contribution in [-0.2, 0) is 12.8 Å². The fourth-order valence-corrected chi connectivity index (χ4v) is 3.64. The second-order valence-electron chi connectivity index (χ2n) is 8.01. The lowest BCUT2D eigenvalue weighted by Crippen LogP contribution is -2.15. The van der Waals surface area contributed by atoms with E-state index >= 15 is 0 Å². The van der Waals surface area contributed by atoms with E-state index in [2.05, 4.69) is 40.6 Å². The van der Waals surface area contributed by atoms with Gasteiger partial charge < -0.3 is 15.7 Å². The Labute approximate surface area is 176 Å². The lowest BCUT2D eigenvalue weighted by Gasteiger charge is -2.20. The molecule has 30 heavy (non-hydrogen) atoms. The minimum absolute atomic E-state index is 0.153. The molecule has 3 aromatic heterocycles. The molecule has 0 bridgehead atoms. The minimum atomic E-state index is 0.153. The highest BCUT2D eigenvalue weighted by Gasteiger charge is 2.17. The Balaban J connectivity index is 1.66. The summed E-state index contributed by atoms with van der Waals surface area (Å²) >= 11 is 0. The maximum Gasteiger partial charge on any atom is 0.228 e. The average Bonchev–Trinajstić information content (AvgIpc) is 3.24. The van der Waals surface area contributed by atoms with Gasteiger partial charge in [0.25, 0.3) is 0 Å². The van der Waals surface area contributed by atoms with E-state index in [1.54, 1.807) is 0 Å². The zero-order chi connectivity index (χ0) is 21.1. The van der Waals surface area contributed by atoms with E-state index in [1.807, 2.05) is 30.2 Å². The Morgan fingerprint density at radius 2 is 2.13 bits per heavy atom. The highest BCUT2D eigenvalue weighted by Crippen LogP contribution is 2.29. The second-order valence-corrected chi connectivity index (χ2v) is 8.01. The molecule has 1 aliphatic rings. The molecule has 4 heterocycles. The van der Waals surface area contributed by atoms with Gasteiger partial charge in [-0.15, -0.1) is 0 Å². The molecule has 0 saturated heterocycles. The fourth-order valence-electron chi connectivity index (χ4n) is 3.64. The molecule has 158 valence electrons. The number of anilines is 3. The van der Waals surface area contributed by atoms with Crippen LogP contribution in [0.1, 0.15) is 49.4 Å². The van der Waals surface area contributed by atoms with E-state index in [1.165, 1.54) is 5.56 Å². The summed E-state index contributed by atoms with van der Waals surface area (Å²) in [6.07, 6.45) is 9.24. The largest absolute Gasteiger partial charge is 0.396 e. The number of aryl methyl sites for hydroxylation is 3. The number of nitrogens with zero attached hydrogens (tertiary/aromatic N) is 5. The Hall–Kier alpha value is -3.00. The van der Waals surface area contributed by atoms with Crippen molar-refractivity contribution in [2.24, 2.45) is 0 Å². The monoisotopic (exact) mass is 407 g/mol. The van der Waals surface area contributed by atoms with Gasteiger partial charge in [0.05, 0.1) is 11.9 Å². The van der Waals surface area contributed by atoms with Crippen LogP contribution in [0.3, 0.4) is 0 Å². The van der Waals surface area contributed by atoms with Gasteiger partial charge in [0.15, 0.2) is 0 Å². The zero-order valence-corrected chi connectivity index (χ0v) is 17.8. The molecule has 8 heteroatoms. The van der Waals surface area contributed by atoms with E-state index in [-0.39, 0.29) is 6.61 Å². The van der Waals surface area contributed by atoms with Crippen LogP contribution in [0.25, 0.3) is 11.3 Å². The topological polar surface area (TPSA) is 101 Å². The maximum absolute atomic E-state index is 9.29. The smallest absolute Gasteiger partial charge is 0.228 e. The molecule has 3 N–H and O–H groups in total. The van der Waals surface area contributed by atoms with E-state index in [0.29, 0.717) is 18.4 Å². The molecule has 0 radical (unpaired) electrons. The molecule has 0 aliphatic carbocycles. The van der Waals surface area contributed by atoms with E-state index in [0.717, 1.165) is 59.8 Å². The molecular weight excluding hydrogens is 378 g/mol. The number of nitrogens with one attached hydrogen (secondary N) is 2. The molecule has 0 spiro atoms. The third kappa shape index (κ3) is 4.28. The van der Waals surface area contributed by atoms with Gasteiger partial charge in [-0.1, -0.05) is 0 Å². The maximum atomic E-state index is 9.29. The first-order valence-electron chi connectivity index (χ1n) is 10.6. The molecule has 8 nitrogen and oxygen atoms in total. The lowest BCUT2D eigenvalue weighted by atomic mass is 10.0. The summed E-state index contributed by atoms with van der Waals surface area (Å²) in [4.78, 5) is 14.0. The summed E-state index contributed by atoms with van der Waals surface area (Å²) in [6, 6.07) is 2.48. The summed E-state index contributed by atoms with van der Waals surface area (Å²) < 4.78 is 1.92. The molecule has 4 rings (SSSR count). The van der Waals surface area contributed by atoms with Crippen molar-refractivity contribution in [1.82, 2.24) is 24.7 Å². The summed E-state index contributed by atoms with van der Waals surface area (Å²) in [7, 11) is 0. The Morgan fingerprint density at radius 1 is 1.27 bits per heavy atom. The second kappa shape index (κ2) is 8.79. The van der Waals surface area contributed by atoms with Crippen molar-refractivity contribution in [3.63, 3.8) is 0 Å². The Morgan fingerprint density at radius 3 is 2.90 bits per heavy atom. The molecule has 0 saturated carbocycles. The van der Waals surface area contributed by atoms with Gasteiger partial charge in [-0.2, -0.15) is 5.10 Å². The minimum Gasteiger partial charge on any atom is -0.396 e. The predicted octanol–water partition coefficient (Wildman–Crippen LogP) is 3.65. The number of hydrogen-bond donors (Lipinski definition) is 3. The van der Waals surface area contributed by atoms with Crippen LogP contribution in [0, 0.1) is 6.92 Å². The van der Waals surface area contributed by atoms with Crippen molar-refractivity contribution in [3.05, 3.63) is 41.3 Å². The Bertz CT molecular complexity index is 1030. The van der Waals surface area contributed by atoms with Crippen molar-refractivity contribution < 1.29 is 5.11 Å². The van der Waals surface area contributed by atoms with Crippen LogP contribution >= 0.6 is 0 Å². The lowest BCUT2D eigenvalue weighted by molar-refractivity contribution is 0.288. The molecule has 1 aliphatic heterocycles. The highest BCUT2D eigenvalue weighted by molar-refractivity contribution is 5.65. The third-order valence-electron chi connectivity index (χ3n) is 5.31. The van der Waals surface area contributed by atoms with Gasteiger partial charge in [0.1, 0.15) is 11.6 Å². The summed E-state index contributed by atoms with van der Waals surface area (Å²) in [6.45, 7) is 7.28. The number of aliphatic hydroxyl groups excluding tert-OH is 1. The fraction of sp³-hybridized carbons (Fsp3) is 0.455. The van der Waals surface area contributed by atoms with Gasteiger partial charge in [0.2, 0.25) is 5.95 Å². The van der Waals surface area contributed by atoms with Crippen LogP contribution in [0.4, 0.5) is 17.6 Å². The van der Waals surface area contributed by atoms with E-state index in [9.17, 15) is 5.11 Å². The number of aliphatic hydroxyl groups is 1. The standard InChI is InChI=1S/C22H29N7O/c1-14(2)29-13-18(12-25-29)19-15(3)11-24-22(26-19)28-21-17(7-5-9-30)10-16-6-4-8-23-20(16)27-21/h10-14,30H,4-9H2,1-3H3,(H2,23,24,26,27,28). The van der Waals surface area contributed by atoms with Crippen LogP contribution in [0.2, 0.25) is 0 Å². The van der Waals surface area contributed by atoms with Crippen LogP contribution in [-0.4, -0.2) is 43.0 Å². The number of fused-ring (bicyclic) bond motifs is 1. The van der Waals surface area contributed by atoms with Crippen molar-refractivity contribution in [3.8, 4) is 11.3 Å². The summed E-state index contributed by atoms with van der Waals surface area (Å²) in [5, 5.41) is 20.4. The van der Waals surface area contributed by atoms with Gasteiger partial charge in [-0.3, -0.25) is 4.68 Å². The van der Waals surface area contributed by atoms with Crippen molar-refractivity contribution in [1.29, 1.82) is 0 Å². The van der Waals surface area contributed by atoms with Crippen molar-refractivity contribution >= 4 is 17.6 Å². The quantitative estimate of drug-likeness (QED) is 0.549. The van der Waals surface area contributed by atoms with Crippen LogP contribution < -0.4 is 10.6 Å². The molecule has 0 unspecified atom stereocenters. The zero-order valence-electron chi connectivity index (χ0n) is 17.8. The number of pyridine rings is 1.